The fourth-order valence-electron chi connectivity index (χ4n) is 2.99. The fraction of sp³-hybridized carbons (Fsp3) is 0.333. The van der Waals surface area contributed by atoms with E-state index in [1.54, 1.807) is 41.9 Å². The van der Waals surface area contributed by atoms with Gasteiger partial charge in [0, 0.05) is 12.6 Å². The third kappa shape index (κ3) is 4.58. The Morgan fingerprint density at radius 1 is 1.25 bits per heavy atom. The van der Waals surface area contributed by atoms with Crippen LogP contribution in [-0.4, -0.2) is 47.7 Å². The highest BCUT2D eigenvalue weighted by atomic mass is 32.2. The summed E-state index contributed by atoms with van der Waals surface area (Å²) in [6, 6.07) is 9.34. The molecule has 1 atom stereocenters. The first kappa shape index (κ1) is 20.1. The van der Waals surface area contributed by atoms with E-state index >= 15 is 0 Å². The standard InChI is InChI=1S/C18H21N3O6S/c1-26-17-9-8-15(11-19-17)27-14-6-4-13(5-7-14)12-21-16(18(22)20-23)3-2-10-28(21,24)25/h4-9,11,16,23H,2-3,10,12H2,1H3,(H,20,22)/t16-/m1/s1. The zero-order valence-electron chi connectivity index (χ0n) is 15.2. The maximum absolute atomic E-state index is 12.4. The van der Waals surface area contributed by atoms with E-state index in [2.05, 4.69) is 4.98 Å². The molecule has 9 nitrogen and oxygen atoms in total. The number of pyridine rings is 1. The summed E-state index contributed by atoms with van der Waals surface area (Å²) in [4.78, 5) is 15.9. The van der Waals surface area contributed by atoms with Crippen LogP contribution in [0.1, 0.15) is 18.4 Å². The fourth-order valence-corrected chi connectivity index (χ4v) is 4.69. The van der Waals surface area contributed by atoms with Crippen LogP contribution in [0.15, 0.2) is 42.6 Å². The molecule has 1 amide bonds. The Labute approximate surface area is 162 Å². The average Bonchev–Trinajstić information content (AvgIpc) is 2.70. The predicted molar refractivity (Wildman–Crippen MR) is 99.6 cm³/mol. The molecule has 1 aromatic heterocycles. The Hall–Kier alpha value is -2.69. The van der Waals surface area contributed by atoms with Gasteiger partial charge in [0.15, 0.2) is 0 Å². The lowest BCUT2D eigenvalue weighted by molar-refractivity contribution is -0.133. The van der Waals surface area contributed by atoms with E-state index in [4.69, 9.17) is 14.7 Å². The van der Waals surface area contributed by atoms with Crippen LogP contribution < -0.4 is 15.0 Å². The second kappa shape index (κ2) is 8.55. The molecule has 3 rings (SSSR count). The molecule has 1 aromatic carbocycles. The van der Waals surface area contributed by atoms with Crippen molar-refractivity contribution in [3.05, 3.63) is 48.2 Å². The van der Waals surface area contributed by atoms with Gasteiger partial charge in [-0.2, -0.15) is 4.31 Å². The first-order valence-electron chi connectivity index (χ1n) is 8.63. The Balaban J connectivity index is 1.72. The van der Waals surface area contributed by atoms with Crippen molar-refractivity contribution in [2.75, 3.05) is 12.9 Å². The highest BCUT2D eigenvalue weighted by Crippen LogP contribution is 2.26. The molecule has 2 aromatic rings. The van der Waals surface area contributed by atoms with E-state index in [-0.39, 0.29) is 12.3 Å². The number of benzene rings is 1. The minimum Gasteiger partial charge on any atom is -0.481 e. The monoisotopic (exact) mass is 407 g/mol. The minimum absolute atomic E-state index is 0.0200. The van der Waals surface area contributed by atoms with Crippen LogP contribution in [0.5, 0.6) is 17.4 Å². The number of ether oxygens (including phenoxy) is 2. The molecule has 0 aliphatic carbocycles. The molecule has 0 bridgehead atoms. The first-order chi connectivity index (χ1) is 13.4. The molecule has 1 aliphatic heterocycles. The lowest BCUT2D eigenvalue weighted by atomic mass is 10.1. The van der Waals surface area contributed by atoms with Crippen molar-refractivity contribution in [2.24, 2.45) is 0 Å². The van der Waals surface area contributed by atoms with Crippen molar-refractivity contribution >= 4 is 15.9 Å². The molecule has 0 saturated carbocycles. The van der Waals surface area contributed by atoms with Crippen LogP contribution in [0.25, 0.3) is 0 Å². The molecule has 2 heterocycles. The van der Waals surface area contributed by atoms with Crippen molar-refractivity contribution in [1.29, 1.82) is 0 Å². The normalized spacial score (nSPS) is 19.0. The van der Waals surface area contributed by atoms with Gasteiger partial charge in [-0.05, 0) is 36.6 Å². The molecular weight excluding hydrogens is 386 g/mol. The third-order valence-electron chi connectivity index (χ3n) is 4.41. The molecule has 150 valence electrons. The number of rotatable bonds is 6. The largest absolute Gasteiger partial charge is 0.481 e. The molecule has 10 heteroatoms. The summed E-state index contributed by atoms with van der Waals surface area (Å²) in [6.07, 6.45) is 2.27. The van der Waals surface area contributed by atoms with Gasteiger partial charge in [-0.3, -0.25) is 10.0 Å². The number of carbonyl (C=O) groups excluding carboxylic acids is 1. The van der Waals surface area contributed by atoms with Crippen molar-refractivity contribution in [3.8, 4) is 17.4 Å². The molecule has 1 fully saturated rings. The molecule has 1 saturated heterocycles. The van der Waals surface area contributed by atoms with Gasteiger partial charge < -0.3 is 9.47 Å². The minimum atomic E-state index is -3.58. The molecule has 0 radical (unpaired) electrons. The summed E-state index contributed by atoms with van der Waals surface area (Å²) < 4.78 is 36.6. The second-order valence-corrected chi connectivity index (χ2v) is 8.32. The first-order valence-corrected chi connectivity index (χ1v) is 10.2. The number of nitrogens with one attached hydrogen (secondary N) is 1. The Kier molecular flexibility index (Phi) is 6.12. The zero-order valence-corrected chi connectivity index (χ0v) is 16.1. The summed E-state index contributed by atoms with van der Waals surface area (Å²) in [7, 11) is -2.05. The van der Waals surface area contributed by atoms with E-state index in [1.165, 1.54) is 13.3 Å². The smallest absolute Gasteiger partial charge is 0.261 e. The maximum Gasteiger partial charge on any atom is 0.261 e. The number of hydroxylamine groups is 1. The van der Waals surface area contributed by atoms with Crippen LogP contribution in [-0.2, 0) is 21.4 Å². The number of methoxy groups -OCH3 is 1. The predicted octanol–water partition coefficient (Wildman–Crippen LogP) is 1.68. The van der Waals surface area contributed by atoms with Crippen LogP contribution in [0.3, 0.4) is 0 Å². The van der Waals surface area contributed by atoms with E-state index in [0.717, 1.165) is 4.31 Å². The van der Waals surface area contributed by atoms with Gasteiger partial charge in [0.2, 0.25) is 15.9 Å². The van der Waals surface area contributed by atoms with Crippen molar-refractivity contribution < 1.29 is 27.9 Å². The SMILES string of the molecule is COc1ccc(Oc2ccc(CN3[C@@H](C(=O)NO)CCCS3(=O)=O)cc2)cn1. The Morgan fingerprint density at radius 2 is 1.96 bits per heavy atom. The van der Waals surface area contributed by atoms with Crippen molar-refractivity contribution in [2.45, 2.75) is 25.4 Å². The topological polar surface area (TPSA) is 118 Å². The number of aromatic nitrogens is 1. The molecule has 1 aliphatic rings. The summed E-state index contributed by atoms with van der Waals surface area (Å²) in [5, 5.41) is 8.90. The summed E-state index contributed by atoms with van der Waals surface area (Å²) in [5.74, 6) is 0.823. The van der Waals surface area contributed by atoms with Gasteiger partial charge in [0.1, 0.15) is 17.5 Å². The van der Waals surface area contributed by atoms with Gasteiger partial charge in [-0.25, -0.2) is 18.9 Å². The van der Waals surface area contributed by atoms with E-state index in [1.807, 2.05) is 0 Å². The number of sulfonamides is 1. The zero-order chi connectivity index (χ0) is 20.1. The average molecular weight is 407 g/mol. The highest BCUT2D eigenvalue weighted by Gasteiger charge is 2.38. The number of amides is 1. The van der Waals surface area contributed by atoms with Crippen LogP contribution >= 0.6 is 0 Å². The van der Waals surface area contributed by atoms with Crippen LogP contribution in [0, 0.1) is 0 Å². The van der Waals surface area contributed by atoms with E-state index in [9.17, 15) is 13.2 Å². The Bertz CT molecular complexity index is 915. The second-order valence-electron chi connectivity index (χ2n) is 6.28. The summed E-state index contributed by atoms with van der Waals surface area (Å²) in [5.41, 5.74) is 2.25. The molecular formula is C18H21N3O6S. The van der Waals surface area contributed by atoms with Gasteiger partial charge in [0.05, 0.1) is 19.1 Å². The van der Waals surface area contributed by atoms with Crippen LogP contribution in [0.2, 0.25) is 0 Å². The lowest BCUT2D eigenvalue weighted by Crippen LogP contribution is -2.51. The highest BCUT2D eigenvalue weighted by molar-refractivity contribution is 7.89. The number of carbonyl (C=O) groups is 1. The van der Waals surface area contributed by atoms with E-state index in [0.29, 0.717) is 35.8 Å². The number of hydrogen-bond acceptors (Lipinski definition) is 7. The van der Waals surface area contributed by atoms with Crippen LogP contribution in [0.4, 0.5) is 0 Å². The van der Waals surface area contributed by atoms with Crippen molar-refractivity contribution in [1.82, 2.24) is 14.8 Å². The number of hydrogen-bond donors (Lipinski definition) is 2. The van der Waals surface area contributed by atoms with Gasteiger partial charge in [0.25, 0.3) is 5.91 Å². The molecule has 0 spiro atoms. The quantitative estimate of drug-likeness (QED) is 0.552. The van der Waals surface area contributed by atoms with E-state index < -0.39 is 22.0 Å². The molecule has 0 unspecified atom stereocenters. The van der Waals surface area contributed by atoms with Gasteiger partial charge >= 0.3 is 0 Å². The molecule has 2 N–H and O–H groups in total. The third-order valence-corrected chi connectivity index (χ3v) is 6.32. The molecule has 28 heavy (non-hydrogen) atoms. The number of nitrogens with zero attached hydrogens (tertiary/aromatic N) is 2. The maximum atomic E-state index is 12.4. The van der Waals surface area contributed by atoms with Gasteiger partial charge in [-0.15, -0.1) is 0 Å². The van der Waals surface area contributed by atoms with Gasteiger partial charge in [-0.1, -0.05) is 12.1 Å². The van der Waals surface area contributed by atoms with Crippen molar-refractivity contribution in [3.63, 3.8) is 0 Å². The summed E-state index contributed by atoms with van der Waals surface area (Å²) >= 11 is 0. The summed E-state index contributed by atoms with van der Waals surface area (Å²) in [6.45, 7) is 0.0325. The Morgan fingerprint density at radius 3 is 2.57 bits per heavy atom. The lowest BCUT2D eigenvalue weighted by Gasteiger charge is -2.33.